The molecular formula is C11H14OS. The summed E-state index contributed by atoms with van der Waals surface area (Å²) in [7, 11) is 1.69. The van der Waals surface area contributed by atoms with E-state index < -0.39 is 0 Å². The van der Waals surface area contributed by atoms with Gasteiger partial charge in [-0.1, -0.05) is 12.1 Å². The maximum Gasteiger partial charge on any atom is 0.119 e. The van der Waals surface area contributed by atoms with Gasteiger partial charge in [0.05, 0.1) is 7.11 Å². The molecule has 0 N–H and O–H groups in total. The Kier molecular flexibility index (Phi) is 4.47. The van der Waals surface area contributed by atoms with E-state index in [1.54, 1.807) is 7.11 Å². The minimum Gasteiger partial charge on any atom is -0.497 e. The summed E-state index contributed by atoms with van der Waals surface area (Å²) in [5, 5.41) is 0. The molecule has 1 aromatic carbocycles. The highest BCUT2D eigenvalue weighted by atomic mass is 32.2. The third kappa shape index (κ3) is 3.55. The molecule has 0 unspecified atom stereocenters. The van der Waals surface area contributed by atoms with Crippen LogP contribution in [0.3, 0.4) is 0 Å². The molecule has 0 spiro atoms. The Hall–Kier alpha value is -0.890. The molecule has 0 aliphatic carbocycles. The standard InChI is InChI=1S/C11H14OS/c1-3-4-8-13-11-7-5-6-10(9-11)12-2/h3,5-7,9H,1,4,8H2,2H3. The second-order valence-corrected chi connectivity index (χ2v) is 3.77. The molecule has 0 saturated carbocycles. The highest BCUT2D eigenvalue weighted by Crippen LogP contribution is 2.23. The van der Waals surface area contributed by atoms with E-state index in [9.17, 15) is 0 Å². The van der Waals surface area contributed by atoms with E-state index in [1.165, 1.54) is 4.90 Å². The summed E-state index contributed by atoms with van der Waals surface area (Å²) in [4.78, 5) is 1.25. The second kappa shape index (κ2) is 5.70. The molecule has 1 nitrogen and oxygen atoms in total. The van der Waals surface area contributed by atoms with Gasteiger partial charge in [0.15, 0.2) is 0 Å². The van der Waals surface area contributed by atoms with Crippen molar-refractivity contribution < 1.29 is 4.74 Å². The van der Waals surface area contributed by atoms with Crippen molar-refractivity contribution in [3.63, 3.8) is 0 Å². The summed E-state index contributed by atoms with van der Waals surface area (Å²) in [6, 6.07) is 8.11. The topological polar surface area (TPSA) is 9.23 Å². The predicted molar refractivity (Wildman–Crippen MR) is 58.5 cm³/mol. The number of allylic oxidation sites excluding steroid dienone is 1. The maximum absolute atomic E-state index is 5.13. The minimum atomic E-state index is 0.920. The molecule has 0 saturated heterocycles. The van der Waals surface area contributed by atoms with Crippen LogP contribution in [0, 0.1) is 0 Å². The minimum absolute atomic E-state index is 0.920. The molecule has 0 heterocycles. The van der Waals surface area contributed by atoms with Crippen LogP contribution in [0.5, 0.6) is 5.75 Å². The molecule has 1 rings (SSSR count). The molecule has 0 fully saturated rings. The lowest BCUT2D eigenvalue weighted by atomic mass is 10.3. The Morgan fingerprint density at radius 3 is 3.08 bits per heavy atom. The fourth-order valence-electron chi connectivity index (χ4n) is 0.951. The van der Waals surface area contributed by atoms with Crippen molar-refractivity contribution in [3.05, 3.63) is 36.9 Å². The molecular weight excluding hydrogens is 180 g/mol. The first-order chi connectivity index (χ1) is 6.36. The highest BCUT2D eigenvalue weighted by Gasteiger charge is 1.94. The molecule has 0 aromatic heterocycles. The van der Waals surface area contributed by atoms with Crippen molar-refractivity contribution >= 4 is 11.8 Å². The van der Waals surface area contributed by atoms with Crippen molar-refractivity contribution in [1.82, 2.24) is 0 Å². The predicted octanol–water partition coefficient (Wildman–Crippen LogP) is 3.36. The van der Waals surface area contributed by atoms with E-state index in [1.807, 2.05) is 36.0 Å². The van der Waals surface area contributed by atoms with E-state index in [0.29, 0.717) is 0 Å². The smallest absolute Gasteiger partial charge is 0.119 e. The van der Waals surface area contributed by atoms with E-state index in [-0.39, 0.29) is 0 Å². The first-order valence-corrected chi connectivity index (χ1v) is 5.23. The zero-order valence-corrected chi connectivity index (χ0v) is 8.64. The third-order valence-electron chi connectivity index (χ3n) is 1.63. The highest BCUT2D eigenvalue weighted by molar-refractivity contribution is 7.99. The molecule has 2 heteroatoms. The van der Waals surface area contributed by atoms with Gasteiger partial charge in [-0.15, -0.1) is 18.3 Å². The lowest BCUT2D eigenvalue weighted by Gasteiger charge is -2.02. The number of ether oxygens (including phenoxy) is 1. The van der Waals surface area contributed by atoms with Gasteiger partial charge in [0.2, 0.25) is 0 Å². The summed E-state index contributed by atoms with van der Waals surface area (Å²) < 4.78 is 5.13. The van der Waals surface area contributed by atoms with Gasteiger partial charge in [0.1, 0.15) is 5.75 Å². The Bertz CT molecular complexity index is 271. The molecule has 0 aliphatic rings. The van der Waals surface area contributed by atoms with Gasteiger partial charge in [0.25, 0.3) is 0 Å². The summed E-state index contributed by atoms with van der Waals surface area (Å²) in [5.41, 5.74) is 0. The average Bonchev–Trinajstić information content (AvgIpc) is 2.19. The normalized spacial score (nSPS) is 9.62. The van der Waals surface area contributed by atoms with Crippen LogP contribution in [-0.2, 0) is 0 Å². The summed E-state index contributed by atoms with van der Waals surface area (Å²) >= 11 is 1.82. The van der Waals surface area contributed by atoms with Crippen LogP contribution in [0.25, 0.3) is 0 Å². The first-order valence-electron chi connectivity index (χ1n) is 4.24. The number of thioether (sulfide) groups is 1. The number of benzene rings is 1. The molecule has 0 aliphatic heterocycles. The monoisotopic (exact) mass is 194 g/mol. The van der Waals surface area contributed by atoms with Gasteiger partial charge < -0.3 is 4.74 Å². The zero-order valence-electron chi connectivity index (χ0n) is 7.82. The largest absolute Gasteiger partial charge is 0.497 e. The van der Waals surface area contributed by atoms with Crippen molar-refractivity contribution in [2.45, 2.75) is 11.3 Å². The molecule has 0 radical (unpaired) electrons. The lowest BCUT2D eigenvalue weighted by molar-refractivity contribution is 0.413. The Balaban J connectivity index is 2.50. The van der Waals surface area contributed by atoms with Gasteiger partial charge in [-0.25, -0.2) is 0 Å². The zero-order chi connectivity index (χ0) is 9.52. The van der Waals surface area contributed by atoms with Gasteiger partial charge in [0, 0.05) is 10.6 Å². The van der Waals surface area contributed by atoms with Crippen molar-refractivity contribution in [1.29, 1.82) is 0 Å². The van der Waals surface area contributed by atoms with Gasteiger partial charge in [-0.3, -0.25) is 0 Å². The summed E-state index contributed by atoms with van der Waals surface area (Å²) in [6.45, 7) is 3.69. The Morgan fingerprint density at radius 2 is 2.38 bits per heavy atom. The molecule has 0 bridgehead atoms. The molecule has 13 heavy (non-hydrogen) atoms. The van der Waals surface area contributed by atoms with Crippen LogP contribution >= 0.6 is 11.8 Å². The van der Waals surface area contributed by atoms with E-state index in [2.05, 4.69) is 12.6 Å². The van der Waals surface area contributed by atoms with Gasteiger partial charge >= 0.3 is 0 Å². The molecule has 0 atom stereocenters. The lowest BCUT2D eigenvalue weighted by Crippen LogP contribution is -1.82. The van der Waals surface area contributed by atoms with Gasteiger partial charge in [-0.2, -0.15) is 0 Å². The van der Waals surface area contributed by atoms with E-state index >= 15 is 0 Å². The molecule has 70 valence electrons. The van der Waals surface area contributed by atoms with Crippen molar-refractivity contribution in [3.8, 4) is 5.75 Å². The van der Waals surface area contributed by atoms with Crippen molar-refractivity contribution in [2.75, 3.05) is 12.9 Å². The van der Waals surface area contributed by atoms with E-state index in [4.69, 9.17) is 4.74 Å². The number of hydrogen-bond donors (Lipinski definition) is 0. The SMILES string of the molecule is C=CCCSc1cccc(OC)c1. The average molecular weight is 194 g/mol. The van der Waals surface area contributed by atoms with Gasteiger partial charge in [-0.05, 0) is 24.6 Å². The number of rotatable bonds is 5. The Morgan fingerprint density at radius 1 is 1.54 bits per heavy atom. The van der Waals surface area contributed by atoms with Crippen LogP contribution in [0.15, 0.2) is 41.8 Å². The fourth-order valence-corrected chi connectivity index (χ4v) is 1.85. The van der Waals surface area contributed by atoms with Crippen molar-refractivity contribution in [2.24, 2.45) is 0 Å². The number of methoxy groups -OCH3 is 1. The van der Waals surface area contributed by atoms with E-state index in [0.717, 1.165) is 17.9 Å². The third-order valence-corrected chi connectivity index (χ3v) is 2.66. The Labute approximate surface area is 83.8 Å². The molecule has 1 aromatic rings. The first kappa shape index (κ1) is 10.2. The van der Waals surface area contributed by atoms with Crippen LogP contribution in [-0.4, -0.2) is 12.9 Å². The van der Waals surface area contributed by atoms with Crippen LogP contribution in [0.2, 0.25) is 0 Å². The van der Waals surface area contributed by atoms with Crippen LogP contribution < -0.4 is 4.74 Å². The quantitative estimate of drug-likeness (QED) is 0.404. The number of hydrogen-bond acceptors (Lipinski definition) is 2. The summed E-state index contributed by atoms with van der Waals surface area (Å²) in [5.74, 6) is 2.00. The second-order valence-electron chi connectivity index (χ2n) is 2.60. The summed E-state index contributed by atoms with van der Waals surface area (Å²) in [6.07, 6.45) is 2.98. The van der Waals surface area contributed by atoms with Crippen LogP contribution in [0.4, 0.5) is 0 Å². The molecule has 0 amide bonds. The van der Waals surface area contributed by atoms with Crippen LogP contribution in [0.1, 0.15) is 6.42 Å². The fraction of sp³-hybridized carbons (Fsp3) is 0.273. The maximum atomic E-state index is 5.13.